The standard InChI is InChI=1S/C25H27NO5S2/c1-4-13-26-24(27)23(33-25(26)32)17-18-11-12-21(22(16-18)29-5-2)31-15-8-14-30-20-10-7-6-9-19(20)28-3/h4,6-7,9-12,16-17H,1,5,8,13-15H2,2-3H3. The summed E-state index contributed by atoms with van der Waals surface area (Å²) in [5, 5.41) is 0. The number of thiocarbonyl (C=S) groups is 1. The molecule has 0 N–H and O–H groups in total. The van der Waals surface area contributed by atoms with Crippen molar-refractivity contribution < 1.29 is 23.7 Å². The lowest BCUT2D eigenvalue weighted by molar-refractivity contribution is -0.121. The fraction of sp³-hybridized carbons (Fsp3) is 0.280. The predicted octanol–water partition coefficient (Wildman–Crippen LogP) is 5.33. The molecule has 1 fully saturated rings. The van der Waals surface area contributed by atoms with Crippen LogP contribution in [0.25, 0.3) is 6.08 Å². The Hall–Kier alpha value is -2.97. The van der Waals surface area contributed by atoms with Crippen LogP contribution >= 0.6 is 24.0 Å². The van der Waals surface area contributed by atoms with Gasteiger partial charge in [-0.2, -0.15) is 0 Å². The smallest absolute Gasteiger partial charge is 0.266 e. The first-order valence-corrected chi connectivity index (χ1v) is 11.8. The summed E-state index contributed by atoms with van der Waals surface area (Å²) in [6.45, 7) is 7.45. The summed E-state index contributed by atoms with van der Waals surface area (Å²) in [7, 11) is 1.62. The maximum atomic E-state index is 12.6. The molecule has 0 saturated carbocycles. The highest BCUT2D eigenvalue weighted by Gasteiger charge is 2.31. The highest BCUT2D eigenvalue weighted by atomic mass is 32.2. The van der Waals surface area contributed by atoms with E-state index in [1.807, 2.05) is 55.5 Å². The minimum atomic E-state index is -0.113. The number of thioether (sulfide) groups is 1. The van der Waals surface area contributed by atoms with E-state index in [1.54, 1.807) is 13.2 Å². The van der Waals surface area contributed by atoms with Gasteiger partial charge in [-0.1, -0.05) is 48.3 Å². The lowest BCUT2D eigenvalue weighted by Crippen LogP contribution is -2.27. The molecular formula is C25H27NO5S2. The topological polar surface area (TPSA) is 57.2 Å². The number of ether oxygens (including phenoxy) is 4. The lowest BCUT2D eigenvalue weighted by atomic mass is 10.2. The minimum absolute atomic E-state index is 0.113. The molecule has 0 aliphatic carbocycles. The largest absolute Gasteiger partial charge is 0.493 e. The van der Waals surface area contributed by atoms with Gasteiger partial charge in [0.25, 0.3) is 5.91 Å². The van der Waals surface area contributed by atoms with Gasteiger partial charge in [-0.3, -0.25) is 9.69 Å². The second kappa shape index (κ2) is 12.3. The maximum absolute atomic E-state index is 12.6. The maximum Gasteiger partial charge on any atom is 0.266 e. The lowest BCUT2D eigenvalue weighted by Gasteiger charge is -2.14. The van der Waals surface area contributed by atoms with Gasteiger partial charge in [0.1, 0.15) is 4.32 Å². The van der Waals surface area contributed by atoms with Crippen LogP contribution in [-0.4, -0.2) is 48.6 Å². The normalized spacial score (nSPS) is 14.5. The zero-order valence-electron chi connectivity index (χ0n) is 18.7. The summed E-state index contributed by atoms with van der Waals surface area (Å²) in [4.78, 5) is 14.7. The van der Waals surface area contributed by atoms with Gasteiger partial charge >= 0.3 is 0 Å². The van der Waals surface area contributed by atoms with E-state index in [1.165, 1.54) is 16.7 Å². The van der Waals surface area contributed by atoms with Gasteiger partial charge in [0.15, 0.2) is 23.0 Å². The fourth-order valence-electron chi connectivity index (χ4n) is 3.10. The van der Waals surface area contributed by atoms with E-state index in [0.29, 0.717) is 65.0 Å². The average molecular weight is 486 g/mol. The van der Waals surface area contributed by atoms with Crippen LogP contribution in [0.5, 0.6) is 23.0 Å². The second-order valence-corrected chi connectivity index (χ2v) is 8.60. The van der Waals surface area contributed by atoms with E-state index in [4.69, 9.17) is 31.2 Å². The van der Waals surface area contributed by atoms with E-state index in [9.17, 15) is 4.79 Å². The summed E-state index contributed by atoms with van der Waals surface area (Å²) in [5.41, 5.74) is 0.837. The Morgan fingerprint density at radius 2 is 1.73 bits per heavy atom. The summed E-state index contributed by atoms with van der Waals surface area (Å²) in [5.74, 6) is 2.56. The van der Waals surface area contributed by atoms with Crippen LogP contribution < -0.4 is 18.9 Å². The Bertz CT molecular complexity index is 1040. The summed E-state index contributed by atoms with van der Waals surface area (Å²) in [6, 6.07) is 13.1. The molecule has 1 aliphatic heterocycles. The van der Waals surface area contributed by atoms with Gasteiger partial charge in [0.2, 0.25) is 0 Å². The van der Waals surface area contributed by atoms with E-state index in [0.717, 1.165) is 5.56 Å². The zero-order chi connectivity index (χ0) is 23.6. The molecule has 1 amide bonds. The Kier molecular flexibility index (Phi) is 9.21. The van der Waals surface area contributed by atoms with Crippen molar-refractivity contribution in [1.82, 2.24) is 4.90 Å². The quantitative estimate of drug-likeness (QED) is 0.174. The Morgan fingerprint density at radius 1 is 1.03 bits per heavy atom. The summed E-state index contributed by atoms with van der Waals surface area (Å²) >= 11 is 6.58. The average Bonchev–Trinajstić information content (AvgIpc) is 3.08. The van der Waals surface area contributed by atoms with Crippen molar-refractivity contribution in [2.24, 2.45) is 0 Å². The van der Waals surface area contributed by atoms with Gasteiger partial charge in [-0.25, -0.2) is 0 Å². The first-order chi connectivity index (χ1) is 16.1. The van der Waals surface area contributed by atoms with Crippen molar-refractivity contribution in [3.63, 3.8) is 0 Å². The molecule has 8 heteroatoms. The van der Waals surface area contributed by atoms with Gasteiger partial charge in [0.05, 0.1) is 31.8 Å². The molecule has 1 heterocycles. The molecule has 3 rings (SSSR count). The summed E-state index contributed by atoms with van der Waals surface area (Å²) < 4.78 is 23.3. The van der Waals surface area contributed by atoms with Crippen molar-refractivity contribution in [2.75, 3.05) is 33.5 Å². The molecule has 0 bridgehead atoms. The fourth-order valence-corrected chi connectivity index (χ4v) is 4.38. The van der Waals surface area contributed by atoms with Crippen molar-refractivity contribution >= 4 is 40.3 Å². The molecule has 0 unspecified atom stereocenters. The number of rotatable bonds is 12. The molecule has 33 heavy (non-hydrogen) atoms. The molecule has 0 atom stereocenters. The SMILES string of the molecule is C=CCN1C(=O)C(=Cc2ccc(OCCCOc3ccccc3OC)c(OCC)c2)SC1=S. The van der Waals surface area contributed by atoms with Gasteiger partial charge in [0, 0.05) is 13.0 Å². The van der Waals surface area contributed by atoms with Crippen LogP contribution in [0.15, 0.2) is 60.0 Å². The highest BCUT2D eigenvalue weighted by molar-refractivity contribution is 8.26. The van der Waals surface area contributed by atoms with Gasteiger partial charge < -0.3 is 18.9 Å². The third-order valence-corrected chi connectivity index (χ3v) is 6.00. The van der Waals surface area contributed by atoms with Gasteiger partial charge in [-0.05, 0) is 42.8 Å². The molecule has 1 saturated heterocycles. The first kappa shape index (κ1) is 24.7. The van der Waals surface area contributed by atoms with E-state index in [2.05, 4.69) is 6.58 Å². The first-order valence-electron chi connectivity index (χ1n) is 10.6. The number of nitrogens with zero attached hydrogens (tertiary/aromatic N) is 1. The van der Waals surface area contributed by atoms with Crippen LogP contribution in [0.4, 0.5) is 0 Å². The molecule has 0 spiro atoms. The predicted molar refractivity (Wildman–Crippen MR) is 136 cm³/mol. The molecule has 174 valence electrons. The Labute approximate surface area is 204 Å². The number of hydrogen-bond acceptors (Lipinski definition) is 7. The van der Waals surface area contributed by atoms with Crippen molar-refractivity contribution in [1.29, 1.82) is 0 Å². The Morgan fingerprint density at radius 3 is 2.39 bits per heavy atom. The van der Waals surface area contributed by atoms with E-state index >= 15 is 0 Å². The number of carbonyl (C=O) groups excluding carboxylic acids is 1. The number of carbonyl (C=O) groups is 1. The zero-order valence-corrected chi connectivity index (χ0v) is 20.4. The molecule has 1 aliphatic rings. The third kappa shape index (κ3) is 6.52. The second-order valence-electron chi connectivity index (χ2n) is 6.92. The number of benzene rings is 2. The van der Waals surface area contributed by atoms with Crippen LogP contribution in [-0.2, 0) is 4.79 Å². The van der Waals surface area contributed by atoms with E-state index in [-0.39, 0.29) is 5.91 Å². The molecule has 2 aromatic rings. The number of methoxy groups -OCH3 is 1. The Balaban J connectivity index is 1.60. The molecule has 6 nitrogen and oxygen atoms in total. The van der Waals surface area contributed by atoms with Crippen molar-refractivity contribution in [3.05, 3.63) is 65.6 Å². The summed E-state index contributed by atoms with van der Waals surface area (Å²) in [6.07, 6.45) is 4.17. The minimum Gasteiger partial charge on any atom is -0.493 e. The van der Waals surface area contributed by atoms with Crippen LogP contribution in [0.3, 0.4) is 0 Å². The van der Waals surface area contributed by atoms with Gasteiger partial charge in [-0.15, -0.1) is 6.58 Å². The molecule has 2 aromatic carbocycles. The molecule has 0 radical (unpaired) electrons. The van der Waals surface area contributed by atoms with Crippen LogP contribution in [0.2, 0.25) is 0 Å². The van der Waals surface area contributed by atoms with E-state index < -0.39 is 0 Å². The van der Waals surface area contributed by atoms with Crippen molar-refractivity contribution in [3.8, 4) is 23.0 Å². The van der Waals surface area contributed by atoms with Crippen LogP contribution in [0, 0.1) is 0 Å². The van der Waals surface area contributed by atoms with Crippen LogP contribution in [0.1, 0.15) is 18.9 Å². The molecular weight excluding hydrogens is 458 g/mol. The monoisotopic (exact) mass is 485 g/mol. The highest BCUT2D eigenvalue weighted by Crippen LogP contribution is 2.35. The third-order valence-electron chi connectivity index (χ3n) is 4.62. The number of hydrogen-bond donors (Lipinski definition) is 0. The number of amides is 1. The number of para-hydroxylation sites is 2. The molecule has 0 aromatic heterocycles. The van der Waals surface area contributed by atoms with Crippen molar-refractivity contribution in [2.45, 2.75) is 13.3 Å².